The molecule has 1 atom stereocenters. The van der Waals surface area contributed by atoms with Crippen LogP contribution in [0.2, 0.25) is 0 Å². The minimum Gasteiger partial charge on any atom is -0.350 e. The van der Waals surface area contributed by atoms with Gasteiger partial charge in [0.2, 0.25) is 17.8 Å². The predicted molar refractivity (Wildman–Crippen MR) is 126 cm³/mol. The second-order valence-electron chi connectivity index (χ2n) is 11.6. The van der Waals surface area contributed by atoms with Gasteiger partial charge >= 0.3 is 0 Å². The first-order valence-corrected chi connectivity index (χ1v) is 10.6. The third-order valence-electron chi connectivity index (χ3n) is 6.25. The number of rotatable bonds is 8. The lowest BCUT2D eigenvalue weighted by Gasteiger charge is -2.40. The molecule has 7 nitrogen and oxygen atoms in total. The molecule has 0 radical (unpaired) electrons. The Bertz CT molecular complexity index is 620. The maximum atomic E-state index is 4.70. The zero-order valence-corrected chi connectivity index (χ0v) is 21.1. The molecule has 0 saturated carbocycles. The van der Waals surface area contributed by atoms with E-state index in [1.54, 1.807) is 0 Å². The Morgan fingerprint density at radius 2 is 1.03 bits per heavy atom. The van der Waals surface area contributed by atoms with Crippen molar-refractivity contribution in [1.29, 1.82) is 0 Å². The third kappa shape index (κ3) is 7.28. The van der Waals surface area contributed by atoms with Crippen LogP contribution in [0.5, 0.6) is 0 Å². The van der Waals surface area contributed by atoms with Crippen molar-refractivity contribution in [2.75, 3.05) is 36.6 Å². The molecule has 3 N–H and O–H groups in total. The van der Waals surface area contributed by atoms with Gasteiger partial charge in [0.05, 0.1) is 0 Å². The summed E-state index contributed by atoms with van der Waals surface area (Å²) in [6.45, 7) is 25.0. The molecule has 168 valence electrons. The van der Waals surface area contributed by atoms with E-state index in [1.807, 2.05) is 0 Å². The van der Waals surface area contributed by atoms with Crippen LogP contribution in [0.3, 0.4) is 0 Å². The van der Waals surface area contributed by atoms with E-state index in [0.29, 0.717) is 17.8 Å². The van der Waals surface area contributed by atoms with E-state index in [9.17, 15) is 0 Å². The molecule has 1 aromatic rings. The van der Waals surface area contributed by atoms with Gasteiger partial charge in [0, 0.05) is 23.7 Å². The smallest absolute Gasteiger partial charge is 0.229 e. The fourth-order valence-electron chi connectivity index (χ4n) is 2.30. The van der Waals surface area contributed by atoms with Crippen LogP contribution in [-0.4, -0.2) is 57.6 Å². The minimum atomic E-state index is -0.197. The molecular formula is C22H45N7. The quantitative estimate of drug-likeness (QED) is 0.576. The molecule has 0 aliphatic carbocycles. The number of aromatic nitrogens is 3. The number of likely N-dealkylation sites (N-methyl/N-ethyl adjacent to an activating group) is 1. The largest absolute Gasteiger partial charge is 0.350 e. The highest BCUT2D eigenvalue weighted by Gasteiger charge is 2.35. The van der Waals surface area contributed by atoms with Gasteiger partial charge in [-0.3, -0.25) is 0 Å². The van der Waals surface area contributed by atoms with Gasteiger partial charge in [-0.1, -0.05) is 41.5 Å². The molecule has 1 unspecified atom stereocenters. The SMILES string of the molecule is CC(CN(C)C)Nc1nc(NC(C)(C)C(C)(C)C)nc(NC(C)(C)C(C)(C)C)n1. The molecule has 0 amide bonds. The summed E-state index contributed by atoms with van der Waals surface area (Å²) in [7, 11) is 4.12. The fourth-order valence-corrected chi connectivity index (χ4v) is 2.30. The highest BCUT2D eigenvalue weighted by molar-refractivity contribution is 5.45. The van der Waals surface area contributed by atoms with Crippen molar-refractivity contribution in [2.24, 2.45) is 10.8 Å². The topological polar surface area (TPSA) is 78.0 Å². The van der Waals surface area contributed by atoms with Gasteiger partial charge in [0.15, 0.2) is 0 Å². The van der Waals surface area contributed by atoms with Crippen LogP contribution in [0.1, 0.15) is 76.2 Å². The van der Waals surface area contributed by atoms with Gasteiger partial charge in [-0.2, -0.15) is 15.0 Å². The molecule has 0 bridgehead atoms. The van der Waals surface area contributed by atoms with Crippen molar-refractivity contribution in [3.05, 3.63) is 0 Å². The fraction of sp³-hybridized carbons (Fsp3) is 0.864. The first kappa shape index (κ1) is 25.4. The normalized spacial score (nSPS) is 14.7. The summed E-state index contributed by atoms with van der Waals surface area (Å²) in [5.74, 6) is 1.73. The molecule has 0 spiro atoms. The highest BCUT2D eigenvalue weighted by atomic mass is 15.3. The molecule has 0 fully saturated rings. The van der Waals surface area contributed by atoms with Crippen molar-refractivity contribution in [3.63, 3.8) is 0 Å². The number of nitrogens with one attached hydrogen (secondary N) is 3. The van der Waals surface area contributed by atoms with Crippen LogP contribution in [0.15, 0.2) is 0 Å². The Balaban J connectivity index is 3.29. The Kier molecular flexibility index (Phi) is 7.55. The second-order valence-corrected chi connectivity index (χ2v) is 11.6. The summed E-state index contributed by atoms with van der Waals surface area (Å²) in [5.41, 5.74) is -0.331. The molecule has 1 rings (SSSR count). The van der Waals surface area contributed by atoms with Gasteiger partial charge in [0.1, 0.15) is 0 Å². The standard InChI is InChI=1S/C22H45N7/c1-15(14-29(12)13)23-16-24-17(27-21(8,9)19(2,3)4)26-18(25-16)28-22(10,11)20(5,6)7/h15H,14H2,1-13H3,(H3,23,24,25,26,27,28). The summed E-state index contributed by atoms with van der Waals surface area (Å²) in [5, 5.41) is 10.5. The van der Waals surface area contributed by atoms with E-state index in [1.165, 1.54) is 0 Å². The minimum absolute atomic E-state index is 0.0315. The molecule has 0 aliphatic rings. The highest BCUT2D eigenvalue weighted by Crippen LogP contribution is 2.34. The van der Waals surface area contributed by atoms with Crippen LogP contribution in [-0.2, 0) is 0 Å². The molecular weight excluding hydrogens is 362 g/mol. The third-order valence-corrected chi connectivity index (χ3v) is 6.25. The van der Waals surface area contributed by atoms with E-state index < -0.39 is 0 Å². The monoisotopic (exact) mass is 407 g/mol. The first-order chi connectivity index (χ1) is 12.8. The summed E-state index contributed by atoms with van der Waals surface area (Å²) < 4.78 is 0. The Labute approximate surface area is 178 Å². The molecule has 0 aliphatic heterocycles. The first-order valence-electron chi connectivity index (χ1n) is 10.6. The lowest BCUT2D eigenvalue weighted by atomic mass is 9.76. The van der Waals surface area contributed by atoms with Crippen molar-refractivity contribution < 1.29 is 0 Å². The summed E-state index contributed by atoms with van der Waals surface area (Å²) in [6, 6.07) is 0.208. The van der Waals surface area contributed by atoms with Crippen molar-refractivity contribution >= 4 is 17.8 Å². The van der Waals surface area contributed by atoms with E-state index in [0.717, 1.165) is 6.54 Å². The van der Waals surface area contributed by atoms with Crippen molar-refractivity contribution in [1.82, 2.24) is 19.9 Å². The molecule has 1 heterocycles. The zero-order chi connectivity index (χ0) is 22.8. The van der Waals surface area contributed by atoms with Crippen LogP contribution >= 0.6 is 0 Å². The second kappa shape index (κ2) is 8.62. The van der Waals surface area contributed by atoms with Gasteiger partial charge in [-0.25, -0.2) is 0 Å². The molecule has 29 heavy (non-hydrogen) atoms. The Morgan fingerprint density at radius 3 is 1.34 bits per heavy atom. The van der Waals surface area contributed by atoms with E-state index in [-0.39, 0.29) is 27.9 Å². The van der Waals surface area contributed by atoms with Gasteiger partial charge in [0.25, 0.3) is 0 Å². The van der Waals surface area contributed by atoms with E-state index in [2.05, 4.69) is 121 Å². The summed E-state index contributed by atoms with van der Waals surface area (Å²) >= 11 is 0. The lowest BCUT2D eigenvalue weighted by molar-refractivity contribution is 0.251. The molecule has 0 saturated heterocycles. The van der Waals surface area contributed by atoms with E-state index >= 15 is 0 Å². The van der Waals surface area contributed by atoms with Gasteiger partial charge in [-0.05, 0) is 59.5 Å². The maximum Gasteiger partial charge on any atom is 0.229 e. The number of anilines is 3. The molecule has 1 aromatic heterocycles. The van der Waals surface area contributed by atoms with Crippen LogP contribution in [0.4, 0.5) is 17.8 Å². The van der Waals surface area contributed by atoms with Gasteiger partial charge in [-0.15, -0.1) is 0 Å². The summed E-state index contributed by atoms with van der Waals surface area (Å²) in [6.07, 6.45) is 0. The summed E-state index contributed by atoms with van der Waals surface area (Å²) in [4.78, 5) is 16.2. The van der Waals surface area contributed by atoms with Crippen LogP contribution < -0.4 is 16.0 Å². The number of hydrogen-bond donors (Lipinski definition) is 3. The van der Waals surface area contributed by atoms with E-state index in [4.69, 9.17) is 4.98 Å². The maximum absolute atomic E-state index is 4.70. The van der Waals surface area contributed by atoms with Crippen molar-refractivity contribution in [3.8, 4) is 0 Å². The Morgan fingerprint density at radius 1 is 0.690 bits per heavy atom. The number of hydrogen-bond acceptors (Lipinski definition) is 7. The van der Waals surface area contributed by atoms with Crippen LogP contribution in [0, 0.1) is 10.8 Å². The van der Waals surface area contributed by atoms with Crippen LogP contribution in [0.25, 0.3) is 0 Å². The molecule has 0 aromatic carbocycles. The Hall–Kier alpha value is -1.63. The zero-order valence-electron chi connectivity index (χ0n) is 21.1. The van der Waals surface area contributed by atoms with Gasteiger partial charge < -0.3 is 20.9 Å². The van der Waals surface area contributed by atoms with Crippen molar-refractivity contribution in [2.45, 2.75) is 93.3 Å². The molecule has 7 heteroatoms. The average molecular weight is 408 g/mol. The predicted octanol–water partition coefficient (Wildman–Crippen LogP) is 4.71. The number of nitrogens with zero attached hydrogens (tertiary/aromatic N) is 4. The average Bonchev–Trinajstić information content (AvgIpc) is 2.41. The lowest BCUT2D eigenvalue weighted by Crippen LogP contribution is -2.46.